The molecule has 0 radical (unpaired) electrons. The van der Waals surface area contributed by atoms with Crippen molar-refractivity contribution in [2.75, 3.05) is 5.32 Å². The van der Waals surface area contributed by atoms with Crippen LogP contribution in [0.5, 0.6) is 0 Å². The van der Waals surface area contributed by atoms with Crippen LogP contribution in [0, 0.1) is 17.1 Å². The van der Waals surface area contributed by atoms with E-state index < -0.39 is 23.8 Å². The van der Waals surface area contributed by atoms with Crippen molar-refractivity contribution in [1.29, 1.82) is 5.26 Å². The lowest BCUT2D eigenvalue weighted by Gasteiger charge is -2.13. The van der Waals surface area contributed by atoms with Crippen LogP contribution in [-0.4, -0.2) is 18.0 Å². The standard InChI is InChI=1S/C22H21FN2O3/c1-14(2)17-6-4-16(5-7-17)12-18(13-24)22(27)28-15(3)21(26)25-20-10-8-19(23)9-11-20/h4-12,14-15H,1-3H3,(H,25,26)/b18-12+/t15-/m0/s1. The zero-order valence-corrected chi connectivity index (χ0v) is 15.9. The summed E-state index contributed by atoms with van der Waals surface area (Å²) in [5, 5.41) is 11.8. The molecule has 1 N–H and O–H groups in total. The number of carbonyl (C=O) groups is 2. The molecule has 0 aliphatic heterocycles. The maximum atomic E-state index is 12.9. The number of nitriles is 1. The quantitative estimate of drug-likeness (QED) is 0.457. The molecule has 28 heavy (non-hydrogen) atoms. The van der Waals surface area contributed by atoms with E-state index in [1.807, 2.05) is 24.3 Å². The molecule has 0 spiro atoms. The van der Waals surface area contributed by atoms with Gasteiger partial charge in [-0.2, -0.15) is 5.26 Å². The van der Waals surface area contributed by atoms with Crippen molar-refractivity contribution in [3.63, 3.8) is 0 Å². The van der Waals surface area contributed by atoms with Crippen LogP contribution in [0.2, 0.25) is 0 Å². The number of anilines is 1. The summed E-state index contributed by atoms with van der Waals surface area (Å²) in [5.41, 5.74) is 1.99. The van der Waals surface area contributed by atoms with Gasteiger partial charge in [0, 0.05) is 5.69 Å². The molecular formula is C22H21FN2O3. The molecule has 0 bridgehead atoms. The first-order chi connectivity index (χ1) is 13.3. The molecule has 0 aliphatic rings. The first-order valence-corrected chi connectivity index (χ1v) is 8.79. The third-order valence-electron chi connectivity index (χ3n) is 4.02. The van der Waals surface area contributed by atoms with Crippen LogP contribution in [0.1, 0.15) is 37.8 Å². The summed E-state index contributed by atoms with van der Waals surface area (Å²) in [6.07, 6.45) is 0.287. The highest BCUT2D eigenvalue weighted by molar-refractivity contribution is 6.01. The van der Waals surface area contributed by atoms with Gasteiger partial charge in [0.25, 0.3) is 5.91 Å². The number of amides is 1. The summed E-state index contributed by atoms with van der Waals surface area (Å²) in [7, 11) is 0. The van der Waals surface area contributed by atoms with Crippen LogP contribution in [0.25, 0.3) is 6.08 Å². The number of halogens is 1. The molecule has 0 heterocycles. The summed E-state index contributed by atoms with van der Waals surface area (Å²) in [6.45, 7) is 5.53. The second-order valence-corrected chi connectivity index (χ2v) is 6.53. The van der Waals surface area contributed by atoms with Gasteiger partial charge in [0.1, 0.15) is 17.5 Å². The van der Waals surface area contributed by atoms with Crippen molar-refractivity contribution in [1.82, 2.24) is 0 Å². The predicted molar refractivity (Wildman–Crippen MR) is 105 cm³/mol. The van der Waals surface area contributed by atoms with Crippen LogP contribution in [-0.2, 0) is 14.3 Å². The van der Waals surface area contributed by atoms with Crippen LogP contribution >= 0.6 is 0 Å². The van der Waals surface area contributed by atoms with E-state index in [1.54, 1.807) is 6.07 Å². The van der Waals surface area contributed by atoms with Crippen molar-refractivity contribution in [3.8, 4) is 6.07 Å². The van der Waals surface area contributed by atoms with E-state index in [4.69, 9.17) is 4.74 Å². The minimum atomic E-state index is -1.13. The fraction of sp³-hybridized carbons (Fsp3) is 0.227. The fourth-order valence-electron chi connectivity index (χ4n) is 2.34. The zero-order valence-electron chi connectivity index (χ0n) is 15.9. The molecular weight excluding hydrogens is 359 g/mol. The lowest BCUT2D eigenvalue weighted by Crippen LogP contribution is -2.30. The number of carbonyl (C=O) groups excluding carboxylic acids is 2. The lowest BCUT2D eigenvalue weighted by atomic mass is 10.0. The van der Waals surface area contributed by atoms with Crippen LogP contribution in [0.3, 0.4) is 0 Å². The molecule has 5 nitrogen and oxygen atoms in total. The Balaban J connectivity index is 2.02. The minimum absolute atomic E-state index is 0.210. The zero-order chi connectivity index (χ0) is 20.7. The summed E-state index contributed by atoms with van der Waals surface area (Å²) < 4.78 is 18.0. The highest BCUT2D eigenvalue weighted by Gasteiger charge is 2.20. The Labute approximate surface area is 163 Å². The SMILES string of the molecule is CC(C)c1ccc(/C=C(\C#N)C(=O)O[C@@H](C)C(=O)Nc2ccc(F)cc2)cc1. The Morgan fingerprint density at radius 3 is 2.21 bits per heavy atom. The molecule has 0 aliphatic carbocycles. The van der Waals surface area contributed by atoms with Crippen molar-refractivity contribution in [3.05, 3.63) is 71.0 Å². The lowest BCUT2D eigenvalue weighted by molar-refractivity contribution is -0.148. The second-order valence-electron chi connectivity index (χ2n) is 6.53. The molecule has 0 aromatic heterocycles. The van der Waals surface area contributed by atoms with Crippen LogP contribution < -0.4 is 5.32 Å². The van der Waals surface area contributed by atoms with Crippen molar-refractivity contribution < 1.29 is 18.7 Å². The number of nitrogens with zero attached hydrogens (tertiary/aromatic N) is 1. The molecule has 1 amide bonds. The van der Waals surface area contributed by atoms with Crippen molar-refractivity contribution >= 4 is 23.6 Å². The van der Waals surface area contributed by atoms with Gasteiger partial charge in [0.05, 0.1) is 0 Å². The van der Waals surface area contributed by atoms with E-state index >= 15 is 0 Å². The first-order valence-electron chi connectivity index (χ1n) is 8.79. The number of esters is 1. The molecule has 0 saturated carbocycles. The van der Waals surface area contributed by atoms with Gasteiger partial charge in [-0.25, -0.2) is 9.18 Å². The molecule has 6 heteroatoms. The summed E-state index contributed by atoms with van der Waals surface area (Å²) >= 11 is 0. The van der Waals surface area contributed by atoms with Gasteiger partial charge in [-0.3, -0.25) is 4.79 Å². The van der Waals surface area contributed by atoms with Gasteiger partial charge >= 0.3 is 5.97 Å². The topological polar surface area (TPSA) is 79.2 Å². The third kappa shape index (κ3) is 5.78. The van der Waals surface area contributed by atoms with Gasteiger partial charge in [0.2, 0.25) is 0 Å². The first kappa shape index (κ1) is 20.8. The molecule has 2 aromatic carbocycles. The number of benzene rings is 2. The highest BCUT2D eigenvalue weighted by Crippen LogP contribution is 2.17. The number of nitrogens with one attached hydrogen (secondary N) is 1. The van der Waals surface area contributed by atoms with E-state index in [0.717, 1.165) is 5.56 Å². The Morgan fingerprint density at radius 2 is 1.68 bits per heavy atom. The van der Waals surface area contributed by atoms with Gasteiger partial charge in [-0.15, -0.1) is 0 Å². The largest absolute Gasteiger partial charge is 0.448 e. The van der Waals surface area contributed by atoms with E-state index in [9.17, 15) is 19.2 Å². The monoisotopic (exact) mass is 380 g/mol. The van der Waals surface area contributed by atoms with E-state index in [-0.39, 0.29) is 5.57 Å². The second kappa shape index (κ2) is 9.47. The molecule has 0 fully saturated rings. The summed E-state index contributed by atoms with van der Waals surface area (Å²) in [5.74, 6) is -1.53. The number of ether oxygens (including phenoxy) is 1. The Morgan fingerprint density at radius 1 is 1.07 bits per heavy atom. The molecule has 0 saturated heterocycles. The maximum Gasteiger partial charge on any atom is 0.349 e. The highest BCUT2D eigenvalue weighted by atomic mass is 19.1. The van der Waals surface area contributed by atoms with Gasteiger partial charge < -0.3 is 10.1 Å². The number of rotatable bonds is 6. The van der Waals surface area contributed by atoms with Crippen molar-refractivity contribution in [2.45, 2.75) is 32.8 Å². The third-order valence-corrected chi connectivity index (χ3v) is 4.02. The number of hydrogen-bond acceptors (Lipinski definition) is 4. The number of hydrogen-bond donors (Lipinski definition) is 1. The Hall–Kier alpha value is -3.46. The van der Waals surface area contributed by atoms with E-state index in [1.165, 1.54) is 37.3 Å². The Bertz CT molecular complexity index is 910. The van der Waals surface area contributed by atoms with Gasteiger partial charge in [-0.05, 0) is 54.3 Å². The average Bonchev–Trinajstić information content (AvgIpc) is 2.68. The van der Waals surface area contributed by atoms with E-state index in [2.05, 4.69) is 19.2 Å². The predicted octanol–water partition coefficient (Wildman–Crippen LogP) is 4.43. The van der Waals surface area contributed by atoms with Gasteiger partial charge in [0.15, 0.2) is 6.10 Å². The van der Waals surface area contributed by atoms with Crippen LogP contribution in [0.15, 0.2) is 54.1 Å². The average molecular weight is 380 g/mol. The summed E-state index contributed by atoms with van der Waals surface area (Å²) in [6, 6.07) is 14.5. The summed E-state index contributed by atoms with van der Waals surface area (Å²) in [4.78, 5) is 24.3. The van der Waals surface area contributed by atoms with Crippen molar-refractivity contribution in [2.24, 2.45) is 0 Å². The molecule has 2 aromatic rings. The molecule has 1 atom stereocenters. The normalized spacial score (nSPS) is 12.2. The Kier molecular flexibility index (Phi) is 7.05. The molecule has 0 unspecified atom stereocenters. The smallest absolute Gasteiger partial charge is 0.349 e. The maximum absolute atomic E-state index is 12.9. The molecule has 144 valence electrons. The molecule has 2 rings (SSSR count). The van der Waals surface area contributed by atoms with E-state index in [0.29, 0.717) is 17.2 Å². The minimum Gasteiger partial charge on any atom is -0.448 e. The van der Waals surface area contributed by atoms with Gasteiger partial charge in [-0.1, -0.05) is 38.1 Å². The fourth-order valence-corrected chi connectivity index (χ4v) is 2.34. The van der Waals surface area contributed by atoms with Crippen LogP contribution in [0.4, 0.5) is 10.1 Å².